The molecule has 0 unspecified atom stereocenters. The van der Waals surface area contributed by atoms with Crippen LogP contribution >= 0.6 is 0 Å². The fourth-order valence-corrected chi connectivity index (χ4v) is 0.230. The van der Waals surface area contributed by atoms with Crippen LogP contribution in [0.2, 0.25) is 0 Å². The highest BCUT2D eigenvalue weighted by atomic mass is 16.5. The van der Waals surface area contributed by atoms with Gasteiger partial charge in [-0.05, 0) is 13.0 Å². The number of carbonyl (C=O) groups excluding carboxylic acids is 2. The third-order valence-corrected chi connectivity index (χ3v) is 0.580. The average Bonchev–Trinajstić information content (AvgIpc) is 1.83. The molecule has 0 aliphatic carbocycles. The maximum Gasteiger partial charge on any atom is 0.267 e. The molecule has 0 saturated heterocycles. The number of hydroxylamine groups is 1. The maximum absolute atomic E-state index is 10.1. The molecule has 50 valence electrons. The zero-order valence-corrected chi connectivity index (χ0v) is 4.92. The highest BCUT2D eigenvalue weighted by Crippen LogP contribution is 1.73. The molecule has 2 N–H and O–H groups in total. The molecule has 0 aromatic heterocycles. The molecular formula is C5H7NO3. The normalized spacial score (nSPS) is 9.56. The van der Waals surface area contributed by atoms with E-state index in [0.29, 0.717) is 0 Å². The number of hydrogen-bond donors (Lipinski definition) is 2. The zero-order valence-electron chi connectivity index (χ0n) is 4.92. The largest absolute Gasteiger partial charge is 0.295 e. The molecule has 1 amide bonds. The number of carbonyl (C=O) groups is 2. The number of amides is 1. The van der Waals surface area contributed by atoms with Gasteiger partial charge in [-0.3, -0.25) is 14.8 Å². The van der Waals surface area contributed by atoms with Gasteiger partial charge in [-0.25, -0.2) is 5.48 Å². The van der Waals surface area contributed by atoms with E-state index in [0.717, 1.165) is 12.2 Å². The summed E-state index contributed by atoms with van der Waals surface area (Å²) in [7, 11) is 0. The van der Waals surface area contributed by atoms with E-state index in [-0.39, 0.29) is 5.78 Å². The van der Waals surface area contributed by atoms with Gasteiger partial charge in [0.25, 0.3) is 5.91 Å². The Balaban J connectivity index is 3.71. The average molecular weight is 129 g/mol. The van der Waals surface area contributed by atoms with Gasteiger partial charge in [0, 0.05) is 6.08 Å². The van der Waals surface area contributed by atoms with E-state index >= 15 is 0 Å². The van der Waals surface area contributed by atoms with Crippen molar-refractivity contribution in [1.82, 2.24) is 5.48 Å². The van der Waals surface area contributed by atoms with Crippen LogP contribution in [-0.4, -0.2) is 16.9 Å². The van der Waals surface area contributed by atoms with Gasteiger partial charge in [0.2, 0.25) is 0 Å². The molecule has 0 saturated carbocycles. The van der Waals surface area contributed by atoms with Crippen molar-refractivity contribution in [2.75, 3.05) is 0 Å². The Bertz CT molecular complexity index is 150. The molecule has 0 rings (SSSR count). The van der Waals surface area contributed by atoms with Crippen LogP contribution in [0.3, 0.4) is 0 Å². The van der Waals surface area contributed by atoms with Gasteiger partial charge >= 0.3 is 0 Å². The van der Waals surface area contributed by atoms with Crippen molar-refractivity contribution in [3.63, 3.8) is 0 Å². The highest BCUT2D eigenvalue weighted by Gasteiger charge is 1.88. The Morgan fingerprint density at radius 1 is 1.44 bits per heavy atom. The Kier molecular flexibility index (Phi) is 3.31. The molecular weight excluding hydrogens is 122 g/mol. The number of allylic oxidation sites excluding steroid dienone is 1. The quantitative estimate of drug-likeness (QED) is 0.304. The molecule has 0 aromatic carbocycles. The lowest BCUT2D eigenvalue weighted by Crippen LogP contribution is -2.15. The summed E-state index contributed by atoms with van der Waals surface area (Å²) in [6, 6.07) is 0. The predicted molar refractivity (Wildman–Crippen MR) is 29.8 cm³/mol. The third-order valence-electron chi connectivity index (χ3n) is 0.580. The predicted octanol–water partition coefficient (Wildman–Crippen LogP) is -0.363. The summed E-state index contributed by atoms with van der Waals surface area (Å²) in [6.45, 7) is 1.31. The van der Waals surface area contributed by atoms with Gasteiger partial charge in [-0.1, -0.05) is 0 Å². The minimum atomic E-state index is -0.704. The molecule has 0 aromatic rings. The van der Waals surface area contributed by atoms with Gasteiger partial charge in [0.05, 0.1) is 0 Å². The molecule has 0 aliphatic heterocycles. The SMILES string of the molecule is CC(=O)/C=C\C(=O)NO. The summed E-state index contributed by atoms with van der Waals surface area (Å²) in [6.07, 6.45) is 2.01. The van der Waals surface area contributed by atoms with E-state index in [1.807, 2.05) is 0 Å². The highest BCUT2D eigenvalue weighted by molar-refractivity contribution is 5.96. The minimum Gasteiger partial charge on any atom is -0.295 e. The molecule has 0 radical (unpaired) electrons. The Morgan fingerprint density at radius 2 is 2.00 bits per heavy atom. The lowest BCUT2D eigenvalue weighted by molar-refractivity contribution is -0.124. The topological polar surface area (TPSA) is 66.4 Å². The minimum absolute atomic E-state index is 0.237. The van der Waals surface area contributed by atoms with Crippen molar-refractivity contribution in [3.05, 3.63) is 12.2 Å². The van der Waals surface area contributed by atoms with Crippen LogP contribution < -0.4 is 5.48 Å². The first-order chi connectivity index (χ1) is 4.16. The summed E-state index contributed by atoms with van der Waals surface area (Å²) in [5.74, 6) is -0.941. The summed E-state index contributed by atoms with van der Waals surface area (Å²) in [4.78, 5) is 20.2. The van der Waals surface area contributed by atoms with Gasteiger partial charge in [-0.2, -0.15) is 0 Å². The summed E-state index contributed by atoms with van der Waals surface area (Å²) in [5, 5.41) is 7.89. The van der Waals surface area contributed by atoms with E-state index in [2.05, 4.69) is 0 Å². The first-order valence-corrected chi connectivity index (χ1v) is 2.29. The second-order valence-corrected chi connectivity index (χ2v) is 1.42. The van der Waals surface area contributed by atoms with Gasteiger partial charge in [-0.15, -0.1) is 0 Å². The van der Waals surface area contributed by atoms with Crippen LogP contribution in [-0.2, 0) is 9.59 Å². The summed E-state index contributed by atoms with van der Waals surface area (Å²) in [5.41, 5.74) is 1.34. The third kappa shape index (κ3) is 4.70. The molecule has 0 fully saturated rings. The van der Waals surface area contributed by atoms with Crippen LogP contribution in [0.5, 0.6) is 0 Å². The molecule has 0 spiro atoms. The molecule has 4 nitrogen and oxygen atoms in total. The van der Waals surface area contributed by atoms with E-state index < -0.39 is 5.91 Å². The van der Waals surface area contributed by atoms with Crippen molar-refractivity contribution in [2.24, 2.45) is 0 Å². The molecule has 9 heavy (non-hydrogen) atoms. The molecule has 4 heteroatoms. The maximum atomic E-state index is 10.1. The fraction of sp³-hybridized carbons (Fsp3) is 0.200. The van der Waals surface area contributed by atoms with Crippen LogP contribution in [0.15, 0.2) is 12.2 Å². The van der Waals surface area contributed by atoms with Gasteiger partial charge in [0.15, 0.2) is 5.78 Å². The Hall–Kier alpha value is -1.16. The summed E-state index contributed by atoms with van der Waals surface area (Å²) >= 11 is 0. The van der Waals surface area contributed by atoms with Crippen LogP contribution in [0.25, 0.3) is 0 Å². The van der Waals surface area contributed by atoms with E-state index in [1.54, 1.807) is 0 Å². The number of ketones is 1. The van der Waals surface area contributed by atoms with Crippen molar-refractivity contribution in [3.8, 4) is 0 Å². The summed E-state index contributed by atoms with van der Waals surface area (Å²) < 4.78 is 0. The molecule has 0 atom stereocenters. The smallest absolute Gasteiger partial charge is 0.267 e. The first-order valence-electron chi connectivity index (χ1n) is 2.29. The zero-order chi connectivity index (χ0) is 7.28. The van der Waals surface area contributed by atoms with Gasteiger partial charge in [0.1, 0.15) is 0 Å². The fourth-order valence-electron chi connectivity index (χ4n) is 0.230. The van der Waals surface area contributed by atoms with E-state index in [1.165, 1.54) is 12.4 Å². The number of nitrogens with one attached hydrogen (secondary N) is 1. The number of hydrogen-bond acceptors (Lipinski definition) is 3. The van der Waals surface area contributed by atoms with Crippen molar-refractivity contribution < 1.29 is 14.8 Å². The van der Waals surface area contributed by atoms with E-state index in [9.17, 15) is 9.59 Å². The second-order valence-electron chi connectivity index (χ2n) is 1.42. The van der Waals surface area contributed by atoms with Crippen molar-refractivity contribution in [1.29, 1.82) is 0 Å². The second kappa shape index (κ2) is 3.80. The molecule has 0 aliphatic rings. The first kappa shape index (κ1) is 7.84. The van der Waals surface area contributed by atoms with Crippen LogP contribution in [0, 0.1) is 0 Å². The van der Waals surface area contributed by atoms with Crippen LogP contribution in [0.4, 0.5) is 0 Å². The monoisotopic (exact) mass is 129 g/mol. The Labute approximate surface area is 52.1 Å². The van der Waals surface area contributed by atoms with Gasteiger partial charge < -0.3 is 0 Å². The molecule has 0 heterocycles. The van der Waals surface area contributed by atoms with Crippen LogP contribution in [0.1, 0.15) is 6.92 Å². The lowest BCUT2D eigenvalue weighted by atomic mass is 10.4. The lowest BCUT2D eigenvalue weighted by Gasteiger charge is -1.84. The number of rotatable bonds is 2. The van der Waals surface area contributed by atoms with Crippen molar-refractivity contribution in [2.45, 2.75) is 6.92 Å². The molecule has 0 bridgehead atoms. The van der Waals surface area contributed by atoms with Crippen molar-refractivity contribution >= 4 is 11.7 Å². The Morgan fingerprint density at radius 3 is 2.33 bits per heavy atom. The standard InChI is InChI=1S/C5H7NO3/c1-4(7)2-3-5(8)6-9/h2-3,9H,1H3,(H,6,8)/b3-2-. The van der Waals surface area contributed by atoms with E-state index in [4.69, 9.17) is 5.21 Å².